The molecule has 0 spiro atoms. The fourth-order valence-corrected chi connectivity index (χ4v) is 2.84. The summed E-state index contributed by atoms with van der Waals surface area (Å²) in [6.45, 7) is 3.99. The van der Waals surface area contributed by atoms with E-state index in [0.29, 0.717) is 6.61 Å². The molecule has 0 aliphatic rings. The summed E-state index contributed by atoms with van der Waals surface area (Å²) < 4.78 is 4.99. The summed E-state index contributed by atoms with van der Waals surface area (Å²) in [5.74, 6) is -0.604. The van der Waals surface area contributed by atoms with Crippen molar-refractivity contribution < 1.29 is 14.3 Å². The van der Waals surface area contributed by atoms with Gasteiger partial charge in [0.1, 0.15) is 0 Å². The maximum absolute atomic E-state index is 12.2. The van der Waals surface area contributed by atoms with Crippen LogP contribution in [0.1, 0.15) is 34.8 Å². The van der Waals surface area contributed by atoms with Crippen molar-refractivity contribution in [3.63, 3.8) is 0 Å². The fourth-order valence-electron chi connectivity index (χ4n) is 2.16. The number of nitrogens with one attached hydrogen (secondary N) is 1. The van der Waals surface area contributed by atoms with E-state index in [9.17, 15) is 9.59 Å². The fraction of sp³-hybridized carbons (Fsp3) is 0.278. The van der Waals surface area contributed by atoms with Crippen LogP contribution in [0.25, 0.3) is 6.08 Å². The monoisotopic (exact) mass is 344 g/mol. The zero-order valence-electron chi connectivity index (χ0n) is 13.7. The lowest BCUT2D eigenvalue weighted by atomic mass is 10.0. The van der Waals surface area contributed by atoms with E-state index in [-0.39, 0.29) is 18.3 Å². The predicted molar refractivity (Wildman–Crippen MR) is 94.5 cm³/mol. The van der Waals surface area contributed by atoms with Crippen molar-refractivity contribution in [2.75, 3.05) is 6.61 Å². The molecule has 2 rings (SSSR count). The van der Waals surface area contributed by atoms with Gasteiger partial charge in [0, 0.05) is 17.2 Å². The first-order valence-electron chi connectivity index (χ1n) is 7.70. The molecule has 0 aliphatic heterocycles. The molecule has 126 valence electrons. The summed E-state index contributed by atoms with van der Waals surface area (Å²) in [5, 5.41) is 3.80. The zero-order valence-corrected chi connectivity index (χ0v) is 14.5. The molecule has 6 heteroatoms. The third kappa shape index (κ3) is 5.62. The number of amides is 1. The average Bonchev–Trinajstić information content (AvgIpc) is 2.99. The van der Waals surface area contributed by atoms with Crippen LogP contribution >= 0.6 is 11.3 Å². The molecule has 0 saturated carbocycles. The molecule has 24 heavy (non-hydrogen) atoms. The number of carbonyl (C=O) groups is 2. The van der Waals surface area contributed by atoms with E-state index in [1.54, 1.807) is 19.2 Å². The van der Waals surface area contributed by atoms with E-state index in [4.69, 9.17) is 4.74 Å². The van der Waals surface area contributed by atoms with Crippen molar-refractivity contribution in [1.82, 2.24) is 10.3 Å². The van der Waals surface area contributed by atoms with Gasteiger partial charge in [0.15, 0.2) is 0 Å². The highest BCUT2D eigenvalue weighted by molar-refractivity contribution is 7.12. The Labute approximate surface area is 145 Å². The number of benzene rings is 1. The second-order valence-electron chi connectivity index (χ2n) is 5.10. The lowest BCUT2D eigenvalue weighted by molar-refractivity contribution is -0.143. The summed E-state index contributed by atoms with van der Waals surface area (Å²) in [6, 6.07) is 8.95. The molecule has 1 heterocycles. The maximum Gasteiger partial charge on any atom is 0.308 e. The second-order valence-corrected chi connectivity index (χ2v) is 6.36. The molecule has 0 fully saturated rings. The number of hydrogen-bond acceptors (Lipinski definition) is 5. The minimum absolute atomic E-state index is 0.0943. The third-order valence-electron chi connectivity index (χ3n) is 3.23. The number of carbonyl (C=O) groups excluding carboxylic acids is 2. The van der Waals surface area contributed by atoms with E-state index in [1.807, 2.05) is 37.3 Å². The Morgan fingerprint density at radius 2 is 2.08 bits per heavy atom. The number of aromatic nitrogens is 1. The Kier molecular flexibility index (Phi) is 6.69. The number of aryl methyl sites for hydroxylation is 1. The van der Waals surface area contributed by atoms with E-state index in [0.717, 1.165) is 15.4 Å². The molecule has 5 nitrogen and oxygen atoms in total. The quantitative estimate of drug-likeness (QED) is 0.618. The third-order valence-corrected chi connectivity index (χ3v) is 4.11. The minimum Gasteiger partial charge on any atom is -0.466 e. The second kappa shape index (κ2) is 8.98. The molecule has 0 saturated heterocycles. The topological polar surface area (TPSA) is 68.3 Å². The predicted octanol–water partition coefficient (Wildman–Crippen LogP) is 3.28. The van der Waals surface area contributed by atoms with Gasteiger partial charge in [0.2, 0.25) is 5.91 Å². The van der Waals surface area contributed by atoms with E-state index in [2.05, 4.69) is 10.3 Å². The van der Waals surface area contributed by atoms with Gasteiger partial charge in [-0.05, 0) is 25.5 Å². The lowest BCUT2D eigenvalue weighted by Crippen LogP contribution is -2.29. The van der Waals surface area contributed by atoms with Gasteiger partial charge in [-0.3, -0.25) is 9.59 Å². The Bertz CT molecular complexity index is 710. The van der Waals surface area contributed by atoms with Crippen LogP contribution in [-0.4, -0.2) is 23.5 Å². The van der Waals surface area contributed by atoms with Crippen LogP contribution < -0.4 is 5.32 Å². The summed E-state index contributed by atoms with van der Waals surface area (Å²) in [4.78, 5) is 29.0. The van der Waals surface area contributed by atoms with Gasteiger partial charge in [0.25, 0.3) is 0 Å². The van der Waals surface area contributed by atoms with Gasteiger partial charge in [0.05, 0.1) is 24.1 Å². The molecule has 1 N–H and O–H groups in total. The van der Waals surface area contributed by atoms with Crippen LogP contribution in [0.5, 0.6) is 0 Å². The zero-order chi connectivity index (χ0) is 17.4. The number of thiazole rings is 1. The molecular weight excluding hydrogens is 324 g/mol. The Hall–Kier alpha value is -2.47. The van der Waals surface area contributed by atoms with E-state index in [1.165, 1.54) is 17.4 Å². The number of ether oxygens (including phenoxy) is 1. The van der Waals surface area contributed by atoms with Gasteiger partial charge in [-0.1, -0.05) is 30.3 Å². The van der Waals surface area contributed by atoms with Crippen LogP contribution in [0.4, 0.5) is 0 Å². The van der Waals surface area contributed by atoms with Crippen molar-refractivity contribution >= 4 is 29.3 Å². The van der Waals surface area contributed by atoms with Crippen molar-refractivity contribution in [1.29, 1.82) is 0 Å². The Balaban J connectivity index is 2.05. The highest BCUT2D eigenvalue weighted by Crippen LogP contribution is 2.18. The van der Waals surface area contributed by atoms with Crippen LogP contribution in [0, 0.1) is 6.92 Å². The normalized spacial score (nSPS) is 12.1. The highest BCUT2D eigenvalue weighted by Gasteiger charge is 2.18. The number of rotatable bonds is 7. The van der Waals surface area contributed by atoms with Crippen molar-refractivity contribution in [2.45, 2.75) is 26.3 Å². The SMILES string of the molecule is CCOC(=O)C[C@@H](NC(=O)/C=C/c1cnc(C)s1)c1ccccc1. The molecular formula is C18H20N2O3S. The number of nitrogens with zero attached hydrogens (tertiary/aromatic N) is 1. The largest absolute Gasteiger partial charge is 0.466 e. The molecule has 1 amide bonds. The van der Waals surface area contributed by atoms with Crippen LogP contribution in [-0.2, 0) is 14.3 Å². The standard InChI is InChI=1S/C18H20N2O3S/c1-3-23-18(22)11-16(14-7-5-4-6-8-14)20-17(21)10-9-15-12-19-13(2)24-15/h4-10,12,16H,3,11H2,1-2H3,(H,20,21)/b10-9+/t16-/m1/s1. The molecule has 1 atom stereocenters. The highest BCUT2D eigenvalue weighted by atomic mass is 32.1. The van der Waals surface area contributed by atoms with Crippen molar-refractivity contribution in [2.24, 2.45) is 0 Å². The molecule has 1 aromatic carbocycles. The van der Waals surface area contributed by atoms with Gasteiger partial charge in [-0.25, -0.2) is 4.98 Å². The molecule has 0 aliphatic carbocycles. The van der Waals surface area contributed by atoms with Gasteiger partial charge < -0.3 is 10.1 Å². The molecule has 2 aromatic rings. The van der Waals surface area contributed by atoms with Gasteiger partial charge >= 0.3 is 5.97 Å². The van der Waals surface area contributed by atoms with Crippen LogP contribution in [0.15, 0.2) is 42.6 Å². The lowest BCUT2D eigenvalue weighted by Gasteiger charge is -2.17. The number of hydrogen-bond donors (Lipinski definition) is 1. The first-order valence-corrected chi connectivity index (χ1v) is 8.51. The Morgan fingerprint density at radius 3 is 2.71 bits per heavy atom. The summed E-state index contributed by atoms with van der Waals surface area (Å²) in [6.07, 6.45) is 4.98. The molecule has 0 bridgehead atoms. The first-order chi connectivity index (χ1) is 11.6. The van der Waals surface area contributed by atoms with Gasteiger partial charge in [-0.15, -0.1) is 11.3 Å². The molecule has 1 aromatic heterocycles. The molecule has 0 unspecified atom stereocenters. The molecule has 0 radical (unpaired) electrons. The van der Waals surface area contributed by atoms with E-state index >= 15 is 0 Å². The number of esters is 1. The summed E-state index contributed by atoms with van der Waals surface area (Å²) in [7, 11) is 0. The Morgan fingerprint density at radius 1 is 1.33 bits per heavy atom. The first kappa shape index (κ1) is 17.9. The summed E-state index contributed by atoms with van der Waals surface area (Å²) in [5.41, 5.74) is 0.862. The minimum atomic E-state index is -0.425. The van der Waals surface area contributed by atoms with Crippen molar-refractivity contribution in [3.05, 3.63) is 58.1 Å². The van der Waals surface area contributed by atoms with Crippen LogP contribution in [0.3, 0.4) is 0 Å². The average molecular weight is 344 g/mol. The van der Waals surface area contributed by atoms with Crippen molar-refractivity contribution in [3.8, 4) is 0 Å². The summed E-state index contributed by atoms with van der Waals surface area (Å²) >= 11 is 1.51. The van der Waals surface area contributed by atoms with Gasteiger partial charge in [-0.2, -0.15) is 0 Å². The van der Waals surface area contributed by atoms with E-state index < -0.39 is 6.04 Å². The maximum atomic E-state index is 12.2. The smallest absolute Gasteiger partial charge is 0.308 e. The van der Waals surface area contributed by atoms with Crippen LogP contribution in [0.2, 0.25) is 0 Å².